The fourth-order valence-electron chi connectivity index (χ4n) is 2.95. The summed E-state index contributed by atoms with van der Waals surface area (Å²) in [6.45, 7) is 3.84. The molecule has 4 nitrogen and oxygen atoms in total. The molecule has 1 saturated heterocycles. The number of hydrogen-bond donors (Lipinski definition) is 1. The van der Waals surface area contributed by atoms with Crippen molar-refractivity contribution in [3.63, 3.8) is 0 Å². The van der Waals surface area contributed by atoms with Crippen molar-refractivity contribution in [3.8, 4) is 0 Å². The van der Waals surface area contributed by atoms with Crippen molar-refractivity contribution in [2.45, 2.75) is 44.9 Å². The summed E-state index contributed by atoms with van der Waals surface area (Å²) in [6, 6.07) is 6.51. The number of halogens is 1. The van der Waals surface area contributed by atoms with Gasteiger partial charge in [-0.3, -0.25) is 9.59 Å². The Labute approximate surface area is 137 Å². The second-order valence-electron chi connectivity index (χ2n) is 6.17. The summed E-state index contributed by atoms with van der Waals surface area (Å²) in [7, 11) is 0. The topological polar surface area (TPSA) is 49.4 Å². The summed E-state index contributed by atoms with van der Waals surface area (Å²) < 4.78 is 13.7. The van der Waals surface area contributed by atoms with E-state index in [1.54, 1.807) is 18.2 Å². The molecule has 0 saturated carbocycles. The van der Waals surface area contributed by atoms with E-state index in [1.807, 2.05) is 11.8 Å². The fourth-order valence-corrected chi connectivity index (χ4v) is 2.95. The molecule has 1 N–H and O–H groups in total. The van der Waals surface area contributed by atoms with Gasteiger partial charge in [0.15, 0.2) is 0 Å². The standard InChI is InChI=1S/C18H25FN2O2/c1-14(15-7-3-4-8-16(15)19)13-17(22)20-10-9-18(23)21-11-5-2-6-12-21/h3-4,7-8,14H,2,5-6,9-13H2,1H3,(H,20,22)/t14-/m0/s1. The van der Waals surface area contributed by atoms with E-state index in [0.29, 0.717) is 18.5 Å². The van der Waals surface area contributed by atoms with Crippen LogP contribution in [0, 0.1) is 5.82 Å². The number of nitrogens with one attached hydrogen (secondary N) is 1. The number of rotatable bonds is 6. The van der Waals surface area contributed by atoms with Gasteiger partial charge in [-0.15, -0.1) is 0 Å². The van der Waals surface area contributed by atoms with Crippen molar-refractivity contribution < 1.29 is 14.0 Å². The lowest BCUT2D eigenvalue weighted by molar-refractivity contribution is -0.132. The van der Waals surface area contributed by atoms with E-state index < -0.39 is 0 Å². The highest BCUT2D eigenvalue weighted by Crippen LogP contribution is 2.21. The van der Waals surface area contributed by atoms with Crippen LogP contribution in [0.1, 0.15) is 50.5 Å². The first kappa shape index (κ1) is 17.4. The first-order valence-corrected chi connectivity index (χ1v) is 8.37. The van der Waals surface area contributed by atoms with Gasteiger partial charge in [0.2, 0.25) is 11.8 Å². The van der Waals surface area contributed by atoms with Crippen LogP contribution in [0.25, 0.3) is 0 Å². The molecule has 1 aromatic carbocycles. The Bertz CT molecular complexity index is 542. The van der Waals surface area contributed by atoms with Gasteiger partial charge in [-0.25, -0.2) is 4.39 Å². The zero-order valence-corrected chi connectivity index (χ0v) is 13.7. The molecule has 1 aromatic rings. The molecule has 1 atom stereocenters. The highest BCUT2D eigenvalue weighted by Gasteiger charge is 2.17. The van der Waals surface area contributed by atoms with Crippen molar-refractivity contribution in [1.29, 1.82) is 0 Å². The molecule has 1 aliphatic heterocycles. The third-order valence-corrected chi connectivity index (χ3v) is 4.30. The third kappa shape index (κ3) is 5.34. The van der Waals surface area contributed by atoms with Gasteiger partial charge in [0.25, 0.3) is 0 Å². The summed E-state index contributed by atoms with van der Waals surface area (Å²) in [6.07, 6.45) is 3.88. The van der Waals surface area contributed by atoms with Crippen LogP contribution in [-0.2, 0) is 9.59 Å². The second kappa shape index (κ2) is 8.65. The molecule has 0 bridgehead atoms. The molecular weight excluding hydrogens is 295 g/mol. The van der Waals surface area contributed by atoms with Crippen LogP contribution in [0.5, 0.6) is 0 Å². The molecule has 2 rings (SSSR count). The molecular formula is C18H25FN2O2. The Morgan fingerprint density at radius 2 is 1.91 bits per heavy atom. The van der Waals surface area contributed by atoms with E-state index in [0.717, 1.165) is 25.9 Å². The SMILES string of the molecule is C[C@@H](CC(=O)NCCC(=O)N1CCCCC1)c1ccccc1F. The highest BCUT2D eigenvalue weighted by molar-refractivity contribution is 5.79. The van der Waals surface area contributed by atoms with Crippen molar-refractivity contribution >= 4 is 11.8 Å². The van der Waals surface area contributed by atoms with Gasteiger partial charge < -0.3 is 10.2 Å². The van der Waals surface area contributed by atoms with Gasteiger partial charge in [0.05, 0.1) is 0 Å². The normalized spacial score (nSPS) is 16.0. The van der Waals surface area contributed by atoms with Crippen molar-refractivity contribution in [2.24, 2.45) is 0 Å². The van der Waals surface area contributed by atoms with Crippen LogP contribution in [0.2, 0.25) is 0 Å². The molecule has 0 aromatic heterocycles. The smallest absolute Gasteiger partial charge is 0.224 e. The van der Waals surface area contributed by atoms with Gasteiger partial charge in [0.1, 0.15) is 5.82 Å². The number of carbonyl (C=O) groups excluding carboxylic acids is 2. The van der Waals surface area contributed by atoms with Crippen LogP contribution in [0.15, 0.2) is 24.3 Å². The molecule has 0 radical (unpaired) electrons. The van der Waals surface area contributed by atoms with Crippen LogP contribution in [0.4, 0.5) is 4.39 Å². The van der Waals surface area contributed by atoms with Crippen molar-refractivity contribution in [3.05, 3.63) is 35.6 Å². The van der Waals surface area contributed by atoms with E-state index >= 15 is 0 Å². The summed E-state index contributed by atoms with van der Waals surface area (Å²) in [5, 5.41) is 2.76. The number of piperidine rings is 1. The molecule has 0 spiro atoms. The Morgan fingerprint density at radius 1 is 1.22 bits per heavy atom. The molecule has 5 heteroatoms. The number of likely N-dealkylation sites (tertiary alicyclic amines) is 1. The Hall–Kier alpha value is -1.91. The summed E-state index contributed by atoms with van der Waals surface area (Å²) in [5.74, 6) is -0.513. The van der Waals surface area contributed by atoms with Crippen LogP contribution in [-0.4, -0.2) is 36.3 Å². The molecule has 2 amide bonds. The van der Waals surface area contributed by atoms with Crippen LogP contribution in [0.3, 0.4) is 0 Å². The minimum Gasteiger partial charge on any atom is -0.356 e. The van der Waals surface area contributed by atoms with Gasteiger partial charge in [-0.2, -0.15) is 0 Å². The maximum absolute atomic E-state index is 13.7. The number of nitrogens with zero attached hydrogens (tertiary/aromatic N) is 1. The van der Waals surface area contributed by atoms with Gasteiger partial charge in [-0.05, 0) is 36.8 Å². The highest BCUT2D eigenvalue weighted by atomic mass is 19.1. The lowest BCUT2D eigenvalue weighted by Gasteiger charge is -2.26. The van der Waals surface area contributed by atoms with Crippen molar-refractivity contribution in [2.75, 3.05) is 19.6 Å². The van der Waals surface area contributed by atoms with E-state index in [1.165, 1.54) is 12.5 Å². The first-order chi connectivity index (χ1) is 11.1. The van der Waals surface area contributed by atoms with Gasteiger partial charge in [0, 0.05) is 32.5 Å². The molecule has 126 valence electrons. The molecule has 23 heavy (non-hydrogen) atoms. The van der Waals surface area contributed by atoms with Crippen molar-refractivity contribution in [1.82, 2.24) is 10.2 Å². The van der Waals surface area contributed by atoms with E-state index in [9.17, 15) is 14.0 Å². The molecule has 1 aliphatic rings. The molecule has 1 heterocycles. The largest absolute Gasteiger partial charge is 0.356 e. The monoisotopic (exact) mass is 320 g/mol. The predicted octanol–water partition coefficient (Wildman–Crippen LogP) is 2.84. The Kier molecular flexibility index (Phi) is 6.56. The zero-order chi connectivity index (χ0) is 16.7. The Balaban J connectivity index is 1.70. The minimum absolute atomic E-state index is 0.104. The van der Waals surface area contributed by atoms with E-state index in [-0.39, 0.29) is 30.0 Å². The molecule has 1 fully saturated rings. The summed E-state index contributed by atoms with van der Waals surface area (Å²) in [5.41, 5.74) is 0.548. The lowest BCUT2D eigenvalue weighted by atomic mass is 9.97. The quantitative estimate of drug-likeness (QED) is 0.876. The maximum atomic E-state index is 13.7. The molecule has 0 unspecified atom stereocenters. The second-order valence-corrected chi connectivity index (χ2v) is 6.17. The zero-order valence-electron chi connectivity index (χ0n) is 13.7. The van der Waals surface area contributed by atoms with Crippen LogP contribution < -0.4 is 5.32 Å². The van der Waals surface area contributed by atoms with Gasteiger partial charge >= 0.3 is 0 Å². The van der Waals surface area contributed by atoms with Crippen LogP contribution >= 0.6 is 0 Å². The van der Waals surface area contributed by atoms with Gasteiger partial charge in [-0.1, -0.05) is 25.1 Å². The Morgan fingerprint density at radius 3 is 2.61 bits per heavy atom. The maximum Gasteiger partial charge on any atom is 0.224 e. The van der Waals surface area contributed by atoms with E-state index in [4.69, 9.17) is 0 Å². The number of hydrogen-bond acceptors (Lipinski definition) is 2. The summed E-state index contributed by atoms with van der Waals surface area (Å²) >= 11 is 0. The predicted molar refractivity (Wildman–Crippen MR) is 87.5 cm³/mol. The number of benzene rings is 1. The summed E-state index contributed by atoms with van der Waals surface area (Å²) in [4.78, 5) is 25.8. The minimum atomic E-state index is -0.284. The number of carbonyl (C=O) groups is 2. The average Bonchev–Trinajstić information content (AvgIpc) is 2.55. The lowest BCUT2D eigenvalue weighted by Crippen LogP contribution is -2.37. The fraction of sp³-hybridized carbons (Fsp3) is 0.556. The number of amides is 2. The first-order valence-electron chi connectivity index (χ1n) is 8.37. The average molecular weight is 320 g/mol. The third-order valence-electron chi connectivity index (χ3n) is 4.30. The van der Waals surface area contributed by atoms with E-state index in [2.05, 4.69) is 5.32 Å². The molecule has 0 aliphatic carbocycles.